The molecule has 0 aromatic carbocycles. The molecule has 0 radical (unpaired) electrons. The van der Waals surface area contributed by atoms with Gasteiger partial charge in [-0.05, 0) is 25.7 Å². The van der Waals surface area contributed by atoms with Gasteiger partial charge >= 0.3 is 5.97 Å². The molecule has 2 nitrogen and oxygen atoms in total. The van der Waals surface area contributed by atoms with Gasteiger partial charge in [-0.15, -0.1) is 6.58 Å². The van der Waals surface area contributed by atoms with E-state index in [1.165, 1.54) is 32.8 Å². The van der Waals surface area contributed by atoms with E-state index in [0.717, 1.165) is 38.5 Å². The van der Waals surface area contributed by atoms with Gasteiger partial charge in [0.25, 0.3) is 0 Å². The molecule has 0 fully saturated rings. The first-order chi connectivity index (χ1) is 8.76. The van der Waals surface area contributed by atoms with Gasteiger partial charge in [0.1, 0.15) is 0 Å². The van der Waals surface area contributed by atoms with Crippen LogP contribution in [0.15, 0.2) is 12.7 Å². The lowest BCUT2D eigenvalue weighted by Crippen LogP contribution is -2.16. The third-order valence-corrected chi connectivity index (χ3v) is 3.40. The van der Waals surface area contributed by atoms with E-state index in [-0.39, 0.29) is 11.9 Å². The van der Waals surface area contributed by atoms with E-state index in [4.69, 9.17) is 4.74 Å². The number of hydrogen-bond acceptors (Lipinski definition) is 2. The fraction of sp³-hybridized carbons (Fsp3) is 0.812. The molecule has 18 heavy (non-hydrogen) atoms. The number of hydrogen-bond donors (Lipinski definition) is 0. The van der Waals surface area contributed by atoms with E-state index in [1.54, 1.807) is 0 Å². The summed E-state index contributed by atoms with van der Waals surface area (Å²) in [5.41, 5.74) is 0. The number of ether oxygens (including phenoxy) is 1. The molecular weight excluding hydrogens is 224 g/mol. The fourth-order valence-corrected chi connectivity index (χ4v) is 2.21. The topological polar surface area (TPSA) is 26.3 Å². The zero-order valence-corrected chi connectivity index (χ0v) is 12.2. The Bertz CT molecular complexity index is 211. The summed E-state index contributed by atoms with van der Waals surface area (Å²) in [4.78, 5) is 11.6. The second-order valence-corrected chi connectivity index (χ2v) is 5.00. The Balaban J connectivity index is 3.62. The highest BCUT2D eigenvalue weighted by molar-refractivity contribution is 5.72. The average Bonchev–Trinajstić information content (AvgIpc) is 2.40. The molecule has 0 aliphatic carbocycles. The summed E-state index contributed by atoms with van der Waals surface area (Å²) in [6.45, 7) is 5.88. The lowest BCUT2D eigenvalue weighted by molar-refractivity contribution is -0.146. The first-order valence-corrected chi connectivity index (χ1v) is 7.45. The molecule has 0 heterocycles. The van der Waals surface area contributed by atoms with Gasteiger partial charge in [0.05, 0.1) is 13.0 Å². The predicted octanol–water partition coefficient (Wildman–Crippen LogP) is 4.88. The number of allylic oxidation sites excluding steroid dienone is 1. The van der Waals surface area contributed by atoms with Gasteiger partial charge in [-0.1, -0.05) is 51.5 Å². The minimum atomic E-state index is -0.0184. The molecule has 0 amide bonds. The molecule has 1 unspecified atom stereocenters. The van der Waals surface area contributed by atoms with Crippen LogP contribution in [0.2, 0.25) is 0 Å². The first kappa shape index (κ1) is 17.2. The van der Waals surface area contributed by atoms with Crippen LogP contribution < -0.4 is 0 Å². The standard InChI is InChI=1S/C16H30O2/c1-4-6-8-9-10-11-12-14-15(13-7-5-2)16(17)18-3/h4,15H,1,5-14H2,2-3H3. The zero-order valence-electron chi connectivity index (χ0n) is 12.2. The van der Waals surface area contributed by atoms with Crippen LogP contribution >= 0.6 is 0 Å². The Hall–Kier alpha value is -0.790. The molecule has 2 heteroatoms. The second-order valence-electron chi connectivity index (χ2n) is 5.00. The van der Waals surface area contributed by atoms with Crippen LogP contribution in [0.5, 0.6) is 0 Å². The number of unbranched alkanes of at least 4 members (excludes halogenated alkanes) is 6. The van der Waals surface area contributed by atoms with E-state index >= 15 is 0 Å². The molecule has 0 aliphatic heterocycles. The third-order valence-electron chi connectivity index (χ3n) is 3.40. The van der Waals surface area contributed by atoms with Crippen molar-refractivity contribution in [2.24, 2.45) is 5.92 Å². The van der Waals surface area contributed by atoms with E-state index in [0.29, 0.717) is 0 Å². The monoisotopic (exact) mass is 254 g/mol. The Morgan fingerprint density at radius 2 is 1.72 bits per heavy atom. The summed E-state index contributed by atoms with van der Waals surface area (Å²) in [7, 11) is 1.50. The van der Waals surface area contributed by atoms with E-state index in [9.17, 15) is 4.79 Å². The maximum Gasteiger partial charge on any atom is 0.308 e. The number of carbonyl (C=O) groups is 1. The van der Waals surface area contributed by atoms with Gasteiger partial charge in [0, 0.05) is 0 Å². The minimum absolute atomic E-state index is 0.0184. The van der Waals surface area contributed by atoms with Crippen LogP contribution in [-0.4, -0.2) is 13.1 Å². The van der Waals surface area contributed by atoms with Crippen molar-refractivity contribution in [2.75, 3.05) is 7.11 Å². The number of carbonyl (C=O) groups excluding carboxylic acids is 1. The predicted molar refractivity (Wildman–Crippen MR) is 77.5 cm³/mol. The molecule has 0 saturated heterocycles. The fourth-order valence-electron chi connectivity index (χ4n) is 2.21. The van der Waals surface area contributed by atoms with Crippen molar-refractivity contribution < 1.29 is 9.53 Å². The highest BCUT2D eigenvalue weighted by atomic mass is 16.5. The lowest BCUT2D eigenvalue weighted by Gasteiger charge is -2.13. The zero-order chi connectivity index (χ0) is 13.6. The van der Waals surface area contributed by atoms with Crippen LogP contribution in [0.3, 0.4) is 0 Å². The van der Waals surface area contributed by atoms with E-state index in [2.05, 4.69) is 13.5 Å². The van der Waals surface area contributed by atoms with Crippen molar-refractivity contribution in [1.29, 1.82) is 0 Å². The van der Waals surface area contributed by atoms with Crippen molar-refractivity contribution in [1.82, 2.24) is 0 Å². The molecule has 1 atom stereocenters. The minimum Gasteiger partial charge on any atom is -0.469 e. The summed E-state index contributed by atoms with van der Waals surface area (Å²) >= 11 is 0. The Morgan fingerprint density at radius 3 is 2.33 bits per heavy atom. The van der Waals surface area contributed by atoms with E-state index in [1.807, 2.05) is 6.08 Å². The maximum absolute atomic E-state index is 11.6. The molecule has 0 aromatic heterocycles. The summed E-state index contributed by atoms with van der Waals surface area (Å²) in [5, 5.41) is 0. The molecular formula is C16H30O2. The van der Waals surface area contributed by atoms with Crippen molar-refractivity contribution in [3.05, 3.63) is 12.7 Å². The average molecular weight is 254 g/mol. The molecule has 0 aromatic rings. The third kappa shape index (κ3) is 9.26. The number of esters is 1. The van der Waals surface area contributed by atoms with Crippen LogP contribution in [0.25, 0.3) is 0 Å². The number of rotatable bonds is 12. The molecule has 0 N–H and O–H groups in total. The van der Waals surface area contributed by atoms with Crippen molar-refractivity contribution >= 4 is 5.97 Å². The summed E-state index contributed by atoms with van der Waals surface area (Å²) in [5.74, 6) is 0.109. The van der Waals surface area contributed by atoms with Gasteiger partial charge in [0.2, 0.25) is 0 Å². The van der Waals surface area contributed by atoms with Crippen molar-refractivity contribution in [2.45, 2.75) is 71.1 Å². The van der Waals surface area contributed by atoms with Crippen molar-refractivity contribution in [3.8, 4) is 0 Å². The number of methoxy groups -OCH3 is 1. The van der Waals surface area contributed by atoms with Crippen molar-refractivity contribution in [3.63, 3.8) is 0 Å². The first-order valence-electron chi connectivity index (χ1n) is 7.45. The molecule has 0 bridgehead atoms. The van der Waals surface area contributed by atoms with Gasteiger partial charge in [0.15, 0.2) is 0 Å². The summed E-state index contributed by atoms with van der Waals surface area (Å²) in [6, 6.07) is 0. The highest BCUT2D eigenvalue weighted by Gasteiger charge is 2.17. The summed E-state index contributed by atoms with van der Waals surface area (Å²) < 4.78 is 4.87. The maximum atomic E-state index is 11.6. The van der Waals surface area contributed by atoms with Gasteiger partial charge in [-0.3, -0.25) is 4.79 Å². The van der Waals surface area contributed by atoms with Crippen LogP contribution in [0.1, 0.15) is 71.1 Å². The van der Waals surface area contributed by atoms with Crippen LogP contribution in [0.4, 0.5) is 0 Å². The Kier molecular flexibility index (Phi) is 12.1. The molecule has 0 aliphatic rings. The van der Waals surface area contributed by atoms with Gasteiger partial charge < -0.3 is 4.74 Å². The Morgan fingerprint density at radius 1 is 1.11 bits per heavy atom. The van der Waals surface area contributed by atoms with Gasteiger partial charge in [-0.25, -0.2) is 0 Å². The lowest BCUT2D eigenvalue weighted by atomic mass is 9.95. The van der Waals surface area contributed by atoms with Crippen LogP contribution in [0, 0.1) is 5.92 Å². The van der Waals surface area contributed by atoms with Gasteiger partial charge in [-0.2, -0.15) is 0 Å². The van der Waals surface area contributed by atoms with E-state index < -0.39 is 0 Å². The normalized spacial score (nSPS) is 12.1. The summed E-state index contributed by atoms with van der Waals surface area (Å²) in [6.07, 6.45) is 13.6. The largest absolute Gasteiger partial charge is 0.469 e. The molecule has 106 valence electrons. The second kappa shape index (κ2) is 12.7. The SMILES string of the molecule is C=CCCCCCCCC(CCCC)C(=O)OC. The molecule has 0 saturated carbocycles. The molecule has 0 rings (SSSR count). The quantitative estimate of drug-likeness (QED) is 0.282. The highest BCUT2D eigenvalue weighted by Crippen LogP contribution is 2.19. The van der Waals surface area contributed by atoms with Crippen LogP contribution in [-0.2, 0) is 9.53 Å². The molecule has 0 spiro atoms. The smallest absolute Gasteiger partial charge is 0.308 e. The Labute approximate surface area is 113 Å².